The van der Waals surface area contributed by atoms with Gasteiger partial charge in [0.25, 0.3) is 0 Å². The number of amides is 2. The second-order valence-corrected chi connectivity index (χ2v) is 6.51. The van der Waals surface area contributed by atoms with E-state index in [1.165, 1.54) is 26.2 Å². The van der Waals surface area contributed by atoms with E-state index in [4.69, 9.17) is 11.6 Å². The molecule has 0 fully saturated rings. The average molecular weight is 389 g/mol. The molecule has 2 aromatic rings. The van der Waals surface area contributed by atoms with Gasteiger partial charge in [-0.2, -0.15) is 0 Å². The Hall–Kier alpha value is -2.86. The highest BCUT2D eigenvalue weighted by atomic mass is 35.5. The molecule has 0 aliphatic carbocycles. The summed E-state index contributed by atoms with van der Waals surface area (Å²) in [6.07, 6.45) is 0.0405. The van der Waals surface area contributed by atoms with E-state index in [-0.39, 0.29) is 28.8 Å². The zero-order valence-corrected chi connectivity index (χ0v) is 16.1. The summed E-state index contributed by atoms with van der Waals surface area (Å²) in [4.78, 5) is 35.7. The van der Waals surface area contributed by atoms with Crippen LogP contribution in [-0.2, 0) is 14.3 Å². The molecule has 0 radical (unpaired) electrons. The zero-order chi connectivity index (χ0) is 20.0. The van der Waals surface area contributed by atoms with E-state index in [2.05, 4.69) is 15.4 Å². The summed E-state index contributed by atoms with van der Waals surface area (Å²) in [5.74, 6) is -1.13. The lowest BCUT2D eigenvalue weighted by Gasteiger charge is -2.18. The van der Waals surface area contributed by atoms with Crippen LogP contribution in [0.15, 0.2) is 42.5 Å². The van der Waals surface area contributed by atoms with E-state index in [0.717, 1.165) is 11.1 Å². The van der Waals surface area contributed by atoms with Crippen molar-refractivity contribution >= 4 is 35.1 Å². The molecule has 6 nitrogen and oxygen atoms in total. The van der Waals surface area contributed by atoms with Gasteiger partial charge in [0, 0.05) is 12.6 Å². The maximum atomic E-state index is 12.5. The molecule has 0 aliphatic heterocycles. The van der Waals surface area contributed by atoms with E-state index in [0.29, 0.717) is 5.69 Å². The molecule has 7 heteroatoms. The molecule has 0 bridgehead atoms. The third kappa shape index (κ3) is 5.82. The topological polar surface area (TPSA) is 84.5 Å². The number of anilines is 1. The van der Waals surface area contributed by atoms with Gasteiger partial charge in [-0.05, 0) is 30.7 Å². The Bertz CT molecular complexity index is 850. The summed E-state index contributed by atoms with van der Waals surface area (Å²) in [5.41, 5.74) is 2.49. The van der Waals surface area contributed by atoms with Crippen LogP contribution in [0.3, 0.4) is 0 Å². The van der Waals surface area contributed by atoms with Crippen molar-refractivity contribution in [3.05, 3.63) is 64.2 Å². The molecular formula is C20H21ClN2O4. The lowest BCUT2D eigenvalue weighted by Crippen LogP contribution is -2.29. The summed E-state index contributed by atoms with van der Waals surface area (Å²) in [7, 11) is 1.25. The first kappa shape index (κ1) is 20.5. The highest BCUT2D eigenvalue weighted by Gasteiger charge is 2.18. The SMILES string of the molecule is COC(=O)c1cc(NC(=O)CC(NC(C)=O)c2ccc(C)cc2)ccc1Cl. The minimum atomic E-state index is -0.591. The summed E-state index contributed by atoms with van der Waals surface area (Å²) in [6, 6.07) is 11.7. The number of benzene rings is 2. The Morgan fingerprint density at radius 2 is 1.78 bits per heavy atom. The highest BCUT2D eigenvalue weighted by molar-refractivity contribution is 6.33. The Kier molecular flexibility index (Phi) is 6.96. The maximum Gasteiger partial charge on any atom is 0.339 e. The first-order chi connectivity index (χ1) is 12.8. The van der Waals surface area contributed by atoms with Crippen LogP contribution in [0, 0.1) is 6.92 Å². The quantitative estimate of drug-likeness (QED) is 0.740. The third-order valence-corrected chi connectivity index (χ3v) is 4.23. The largest absolute Gasteiger partial charge is 0.465 e. The van der Waals surface area contributed by atoms with Crippen LogP contribution >= 0.6 is 11.6 Å². The molecule has 2 N–H and O–H groups in total. The van der Waals surface area contributed by atoms with Crippen LogP contribution in [0.5, 0.6) is 0 Å². The van der Waals surface area contributed by atoms with Gasteiger partial charge in [0.15, 0.2) is 0 Å². The normalized spacial score (nSPS) is 11.4. The number of nitrogens with one attached hydrogen (secondary N) is 2. The molecule has 1 atom stereocenters. The predicted molar refractivity (Wildman–Crippen MR) is 104 cm³/mol. The van der Waals surface area contributed by atoms with Crippen LogP contribution < -0.4 is 10.6 Å². The zero-order valence-electron chi connectivity index (χ0n) is 15.3. The van der Waals surface area contributed by atoms with Gasteiger partial charge in [-0.15, -0.1) is 0 Å². The number of carbonyl (C=O) groups is 3. The molecule has 1 unspecified atom stereocenters. The van der Waals surface area contributed by atoms with Gasteiger partial charge < -0.3 is 15.4 Å². The number of esters is 1. The van der Waals surface area contributed by atoms with Gasteiger partial charge in [-0.25, -0.2) is 4.79 Å². The van der Waals surface area contributed by atoms with Crippen molar-refractivity contribution in [2.45, 2.75) is 26.3 Å². The lowest BCUT2D eigenvalue weighted by atomic mass is 10.0. The van der Waals surface area contributed by atoms with Crippen LogP contribution in [0.25, 0.3) is 0 Å². The first-order valence-electron chi connectivity index (χ1n) is 8.31. The van der Waals surface area contributed by atoms with Crippen molar-refractivity contribution in [2.24, 2.45) is 0 Å². The second-order valence-electron chi connectivity index (χ2n) is 6.10. The Morgan fingerprint density at radius 3 is 2.37 bits per heavy atom. The summed E-state index contributed by atoms with van der Waals surface area (Å²) >= 11 is 5.98. The van der Waals surface area contributed by atoms with E-state index >= 15 is 0 Å². The first-order valence-corrected chi connectivity index (χ1v) is 8.69. The fourth-order valence-electron chi connectivity index (χ4n) is 2.56. The number of rotatable bonds is 6. The summed E-state index contributed by atoms with van der Waals surface area (Å²) in [5, 5.41) is 5.73. The van der Waals surface area contributed by atoms with Gasteiger partial charge >= 0.3 is 5.97 Å². The standard InChI is InChI=1S/C20H21ClN2O4/c1-12-4-6-14(7-5-12)18(22-13(2)24)11-19(25)23-15-8-9-17(21)16(10-15)20(26)27-3/h4-10,18H,11H2,1-3H3,(H,22,24)(H,23,25). The number of methoxy groups -OCH3 is 1. The number of aryl methyl sites for hydroxylation is 1. The summed E-state index contributed by atoms with van der Waals surface area (Å²) in [6.45, 7) is 3.37. The van der Waals surface area contributed by atoms with Gasteiger partial charge in [-0.3, -0.25) is 9.59 Å². The number of hydrogen-bond acceptors (Lipinski definition) is 4. The van der Waals surface area contributed by atoms with Gasteiger partial charge in [-0.1, -0.05) is 41.4 Å². The third-order valence-electron chi connectivity index (χ3n) is 3.90. The molecule has 27 heavy (non-hydrogen) atoms. The van der Waals surface area contributed by atoms with E-state index in [9.17, 15) is 14.4 Å². The van der Waals surface area contributed by atoms with Crippen molar-refractivity contribution in [3.8, 4) is 0 Å². The molecule has 2 amide bonds. The average Bonchev–Trinajstić information content (AvgIpc) is 2.62. The lowest BCUT2D eigenvalue weighted by molar-refractivity contribution is -0.120. The molecule has 0 heterocycles. The molecule has 142 valence electrons. The van der Waals surface area contributed by atoms with Crippen molar-refractivity contribution in [1.82, 2.24) is 5.32 Å². The van der Waals surface area contributed by atoms with Gasteiger partial charge in [0.1, 0.15) is 0 Å². The Morgan fingerprint density at radius 1 is 1.11 bits per heavy atom. The van der Waals surface area contributed by atoms with Crippen molar-refractivity contribution in [2.75, 3.05) is 12.4 Å². The fraction of sp³-hybridized carbons (Fsp3) is 0.250. The minimum absolute atomic E-state index is 0.0405. The van der Waals surface area contributed by atoms with E-state index in [1.54, 1.807) is 6.07 Å². The molecule has 0 aromatic heterocycles. The molecule has 0 spiro atoms. The highest BCUT2D eigenvalue weighted by Crippen LogP contribution is 2.23. The molecule has 2 rings (SSSR count). The number of ether oxygens (including phenoxy) is 1. The second kappa shape index (κ2) is 9.19. The molecule has 0 saturated carbocycles. The van der Waals surface area contributed by atoms with Crippen LogP contribution in [0.1, 0.15) is 40.9 Å². The molecule has 2 aromatic carbocycles. The smallest absolute Gasteiger partial charge is 0.339 e. The van der Waals surface area contributed by atoms with Crippen LogP contribution in [-0.4, -0.2) is 24.9 Å². The van der Waals surface area contributed by atoms with Crippen LogP contribution in [0.4, 0.5) is 5.69 Å². The minimum Gasteiger partial charge on any atom is -0.465 e. The van der Waals surface area contributed by atoms with Gasteiger partial charge in [0.05, 0.1) is 30.2 Å². The maximum absolute atomic E-state index is 12.5. The van der Waals surface area contributed by atoms with Crippen molar-refractivity contribution in [3.63, 3.8) is 0 Å². The van der Waals surface area contributed by atoms with Gasteiger partial charge in [0.2, 0.25) is 11.8 Å². The fourth-order valence-corrected chi connectivity index (χ4v) is 2.76. The van der Waals surface area contributed by atoms with Crippen molar-refractivity contribution in [1.29, 1.82) is 0 Å². The molecule has 0 aliphatic rings. The number of halogens is 1. The van der Waals surface area contributed by atoms with E-state index in [1.807, 2.05) is 31.2 Å². The molecule has 0 saturated heterocycles. The molecular weight excluding hydrogens is 368 g/mol. The monoisotopic (exact) mass is 388 g/mol. The predicted octanol–water partition coefficient (Wildman–Crippen LogP) is 3.64. The van der Waals surface area contributed by atoms with E-state index < -0.39 is 12.0 Å². The number of carbonyl (C=O) groups excluding carboxylic acids is 3. The summed E-state index contributed by atoms with van der Waals surface area (Å²) < 4.78 is 4.67. The Balaban J connectivity index is 2.15. The Labute approximate surface area is 162 Å². The number of hydrogen-bond donors (Lipinski definition) is 2. The van der Waals surface area contributed by atoms with Crippen LogP contribution in [0.2, 0.25) is 5.02 Å². The van der Waals surface area contributed by atoms with Crippen molar-refractivity contribution < 1.29 is 19.1 Å².